The van der Waals surface area contributed by atoms with E-state index in [-0.39, 0.29) is 10.8 Å². The van der Waals surface area contributed by atoms with Gasteiger partial charge in [0.15, 0.2) is 0 Å². The van der Waals surface area contributed by atoms with E-state index >= 15 is 8.42 Å². The molecule has 0 fully saturated rings. The van der Waals surface area contributed by atoms with Crippen LogP contribution < -0.4 is 9.62 Å². The summed E-state index contributed by atoms with van der Waals surface area (Å²) in [6.45, 7) is 0. The lowest BCUT2D eigenvalue weighted by Crippen LogP contribution is -2.49. The number of rotatable bonds is 6. The highest BCUT2D eigenvalue weighted by molar-refractivity contribution is 7.89. The van der Waals surface area contributed by atoms with Crippen LogP contribution in [0.3, 0.4) is 0 Å². The van der Waals surface area contributed by atoms with Gasteiger partial charge in [-0.1, -0.05) is 23.7 Å². The van der Waals surface area contributed by atoms with Gasteiger partial charge in [0, 0.05) is 30.7 Å². The molecule has 6 heteroatoms. The molecule has 0 aromatic heterocycles. The minimum Gasteiger partial charge on any atom is -0.378 e. The van der Waals surface area contributed by atoms with E-state index in [0.717, 1.165) is 11.3 Å². The Morgan fingerprint density at radius 1 is 0.346 bits per heavy atom. The Morgan fingerprint density at radius 3 is 0.852 bits per heavy atom. The average molecular weight is 1050 g/mol. The third-order valence-corrected chi connectivity index (χ3v) is 28.5. The molecule has 1 N–H and O–H groups in total. The number of anilines is 1. The second-order valence-electron chi connectivity index (χ2n) is 28.1. The lowest BCUT2D eigenvalue weighted by atomic mass is 9.53. The van der Waals surface area contributed by atoms with E-state index in [4.69, 9.17) is 11.6 Å². The fourth-order valence-corrected chi connectivity index (χ4v) is 27.3. The van der Waals surface area contributed by atoms with Crippen LogP contribution in [0.1, 0.15) is 39.8 Å². The molecule has 0 radical (unpaired) electrons. The molecule has 4 nitrogen and oxygen atoms in total. The minimum absolute atomic E-state index is 0.158. The zero-order chi connectivity index (χ0) is 49.9. The van der Waals surface area contributed by atoms with Crippen molar-refractivity contribution in [2.75, 3.05) is 19.0 Å². The van der Waals surface area contributed by atoms with Crippen LogP contribution in [-0.4, -0.2) is 22.5 Å². The standard InChI is InChI=1S/C75H17ClN2O2S/c1-78(2)13-7-3-11(4-8-13)74(77-81(79,80)14-9-5-12(76)6-10-14)75-71-67-61-47-39-31-19-16-15-17-20(19)32-34-30-24(17)26-22-18(15)21-25-23(16)29-33(31)45(47)53-51-37(29)35(25)43-41-27(21)28(22)42-44-36(26)38(30)52-54-46(34)48(40(32)39)62(61)68(71)64(54)66-58(52)56(44)60-50(42)49(41)59-55(43)57(51)65(63(53)67)72(75)69(59)70(60)73(66)75/h3-10,71,74,77H,1-2H3. The van der Waals surface area contributed by atoms with Gasteiger partial charge in [-0.3, -0.25) is 0 Å². The van der Waals surface area contributed by atoms with E-state index in [1.165, 1.54) is 162 Å². The third-order valence-electron chi connectivity index (χ3n) is 26.8. The Kier molecular flexibility index (Phi) is 3.34. The van der Waals surface area contributed by atoms with Gasteiger partial charge >= 0.3 is 0 Å². The summed E-state index contributed by atoms with van der Waals surface area (Å²) in [5.41, 5.74) is 7.07. The van der Waals surface area contributed by atoms with Crippen molar-refractivity contribution in [1.29, 1.82) is 0 Å². The maximum Gasteiger partial charge on any atom is 0.241 e. The monoisotopic (exact) mass is 1040 g/mol. The van der Waals surface area contributed by atoms with Gasteiger partial charge in [-0.15, -0.1) is 0 Å². The molecule has 0 aliphatic heterocycles. The topological polar surface area (TPSA) is 49.4 Å². The molecule has 0 saturated carbocycles. The first-order valence-electron chi connectivity index (χ1n) is 29.2. The minimum atomic E-state index is -4.20. The molecular formula is C75H17ClN2O2S. The first-order valence-corrected chi connectivity index (χ1v) is 31.0. The van der Waals surface area contributed by atoms with Crippen LogP contribution in [0.25, 0.3) is 291 Å². The van der Waals surface area contributed by atoms with Gasteiger partial charge in [-0.05, 0) is 355 Å². The number of hydrogen-bond acceptors (Lipinski definition) is 3. The zero-order valence-electron chi connectivity index (χ0n) is 41.8. The Morgan fingerprint density at radius 2 is 0.580 bits per heavy atom. The van der Waals surface area contributed by atoms with Crippen molar-refractivity contribution in [2.45, 2.75) is 22.3 Å². The Bertz CT molecular complexity index is 7900. The van der Waals surface area contributed by atoms with E-state index in [0.29, 0.717) is 5.02 Å². The van der Waals surface area contributed by atoms with Crippen LogP contribution in [0, 0.1) is 0 Å². The maximum atomic E-state index is 16.2. The normalized spacial score (nSPS) is 20.1. The fourth-order valence-electron chi connectivity index (χ4n) is 25.9. The van der Waals surface area contributed by atoms with Crippen molar-refractivity contribution >= 4 is 318 Å². The summed E-state index contributed by atoms with van der Waals surface area (Å²) < 4.78 is 36.2. The number of nitrogens with zero attached hydrogens (tertiary/aromatic N) is 1. The molecule has 30 aromatic rings. The summed E-state index contributed by atoms with van der Waals surface area (Å²) in [6.07, 6.45) is 0. The Balaban J connectivity index is 1.02. The van der Waals surface area contributed by atoms with E-state index in [1.807, 2.05) is 0 Å². The van der Waals surface area contributed by atoms with Gasteiger partial charge in [0.1, 0.15) is 0 Å². The van der Waals surface area contributed by atoms with Crippen LogP contribution in [0.5, 0.6) is 0 Å². The second-order valence-corrected chi connectivity index (χ2v) is 30.3. The lowest BCUT2D eigenvalue weighted by Gasteiger charge is -2.50. The van der Waals surface area contributed by atoms with Crippen LogP contribution in [-0.2, 0) is 15.4 Å². The lowest BCUT2D eigenvalue weighted by molar-refractivity contribution is 0.363. The molecule has 4 aliphatic carbocycles. The molecule has 0 heterocycles. The Labute approximate surface area is 451 Å². The smallest absolute Gasteiger partial charge is 0.241 e. The van der Waals surface area contributed by atoms with E-state index in [2.05, 4.69) is 48.0 Å². The molecule has 34 rings (SSSR count). The van der Waals surface area contributed by atoms with Crippen molar-refractivity contribution in [1.82, 2.24) is 4.72 Å². The predicted molar refractivity (Wildman–Crippen MR) is 340 cm³/mol. The van der Waals surface area contributed by atoms with E-state index in [9.17, 15) is 0 Å². The number of hydrogen-bond donors (Lipinski definition) is 1. The molecular weight excluding hydrogens is 1030 g/mol. The molecule has 30 aromatic carbocycles. The molecule has 0 spiro atoms. The predicted octanol–water partition coefficient (Wildman–Crippen LogP) is 19.6. The highest BCUT2D eigenvalue weighted by Gasteiger charge is 2.66. The summed E-state index contributed by atoms with van der Waals surface area (Å²) in [4.78, 5) is 2.41. The van der Waals surface area contributed by atoms with E-state index < -0.39 is 21.5 Å². The van der Waals surface area contributed by atoms with Crippen molar-refractivity contribution < 1.29 is 8.42 Å². The van der Waals surface area contributed by atoms with Crippen LogP contribution in [0.15, 0.2) is 53.4 Å². The zero-order valence-corrected chi connectivity index (χ0v) is 43.4. The van der Waals surface area contributed by atoms with Gasteiger partial charge in [-0.2, -0.15) is 0 Å². The number of nitrogens with one attached hydrogen (secondary N) is 1. The summed E-state index contributed by atoms with van der Waals surface area (Å²) in [5, 5.41) is 83.4. The van der Waals surface area contributed by atoms with Crippen molar-refractivity contribution in [3.63, 3.8) is 0 Å². The van der Waals surface area contributed by atoms with Crippen molar-refractivity contribution in [2.24, 2.45) is 0 Å². The quantitative estimate of drug-likeness (QED) is 0.169. The van der Waals surface area contributed by atoms with Gasteiger partial charge in [0.2, 0.25) is 10.0 Å². The van der Waals surface area contributed by atoms with Crippen LogP contribution in [0.4, 0.5) is 5.69 Å². The summed E-state index contributed by atoms with van der Waals surface area (Å²) >= 11 is 6.61. The number of halogens is 1. The molecule has 0 bridgehead atoms. The highest BCUT2D eigenvalue weighted by atomic mass is 35.5. The molecule has 1 unspecified atom stereocenters. The largest absolute Gasteiger partial charge is 0.378 e. The molecule has 352 valence electrons. The summed E-state index contributed by atoms with van der Waals surface area (Å²) in [5.74, 6) is -0.158. The highest BCUT2D eigenvalue weighted by Crippen LogP contribution is 2.84. The van der Waals surface area contributed by atoms with E-state index in [1.54, 1.807) is 175 Å². The fraction of sp³-hybridized carbons (Fsp3) is 0.0667. The van der Waals surface area contributed by atoms with Crippen molar-refractivity contribution in [3.05, 3.63) is 81.4 Å². The molecule has 4 aliphatic rings. The first-order chi connectivity index (χ1) is 39.9. The molecule has 81 heavy (non-hydrogen) atoms. The molecule has 0 amide bonds. The van der Waals surface area contributed by atoms with Gasteiger partial charge in [0.05, 0.1) is 16.4 Å². The van der Waals surface area contributed by atoms with Crippen LogP contribution in [0.2, 0.25) is 5.02 Å². The van der Waals surface area contributed by atoms with Gasteiger partial charge in [-0.25, -0.2) is 13.1 Å². The third kappa shape index (κ3) is 2.08. The van der Waals surface area contributed by atoms with Gasteiger partial charge in [0.25, 0.3) is 0 Å². The SMILES string of the molecule is CN(C)c1ccc(C(NS(=O)(=O)c2ccc(Cl)cc2)C23c4c5c6c7c8c9c(c%10c%11c2c2c4c4c%12c5c5c6c6c8c8c%13c9c9c%10c%10c%11c%11c2c2c4c4c%12c%12c5c5c6c8c6c8c%13c9c9c%10c%10c%11c2c2c4c4c%12c5c6c5c8c9c%10c2c45)C73)cc1. The van der Waals surface area contributed by atoms with Crippen LogP contribution >= 0.6 is 11.6 Å². The number of benzene rings is 20. The Hall–Kier alpha value is -9.10. The van der Waals surface area contributed by atoms with Crippen molar-refractivity contribution in [3.8, 4) is 0 Å². The summed E-state index contributed by atoms with van der Waals surface area (Å²) in [6, 6.07) is 15.3. The second kappa shape index (κ2) is 8.09. The first kappa shape index (κ1) is 33.5. The average Bonchev–Trinajstić information content (AvgIpc) is 1.41. The maximum absolute atomic E-state index is 16.2. The molecule has 1 atom stereocenters. The van der Waals surface area contributed by atoms with Gasteiger partial charge < -0.3 is 4.90 Å². The molecule has 0 saturated heterocycles. The summed E-state index contributed by atoms with van der Waals surface area (Å²) in [7, 11) is 0.0124. The number of sulfonamides is 1.